The minimum Gasteiger partial charge on any atom is -0.459 e. The molecule has 0 bridgehead atoms. The van der Waals surface area contributed by atoms with Crippen molar-refractivity contribution < 1.29 is 19.1 Å². The molecule has 0 spiro atoms. The normalized spacial score (nSPS) is 10.7. The molecule has 0 aliphatic heterocycles. The first-order valence-corrected chi connectivity index (χ1v) is 6.29. The van der Waals surface area contributed by atoms with Gasteiger partial charge in [0, 0.05) is 0 Å². The van der Waals surface area contributed by atoms with Crippen molar-refractivity contribution in [2.45, 2.75) is 39.9 Å². The standard InChI is InChI=1S/C12H16O4S/c1-7(2)15-11(13)9-5-6-17-10(9)12(14)16-8(3)4/h5-8H,1-4H3. The molecule has 0 atom stereocenters. The van der Waals surface area contributed by atoms with Gasteiger partial charge in [-0.25, -0.2) is 9.59 Å². The van der Waals surface area contributed by atoms with Gasteiger partial charge in [0.2, 0.25) is 0 Å². The number of carbonyl (C=O) groups is 2. The molecule has 0 amide bonds. The molecule has 94 valence electrons. The van der Waals surface area contributed by atoms with Crippen molar-refractivity contribution in [3.8, 4) is 0 Å². The lowest BCUT2D eigenvalue weighted by atomic mass is 10.2. The van der Waals surface area contributed by atoms with E-state index in [1.165, 1.54) is 11.3 Å². The maximum Gasteiger partial charge on any atom is 0.349 e. The largest absolute Gasteiger partial charge is 0.459 e. The highest BCUT2D eigenvalue weighted by atomic mass is 32.1. The van der Waals surface area contributed by atoms with Crippen molar-refractivity contribution in [2.24, 2.45) is 0 Å². The molecule has 0 N–H and O–H groups in total. The van der Waals surface area contributed by atoms with Crippen molar-refractivity contribution in [1.82, 2.24) is 0 Å². The van der Waals surface area contributed by atoms with E-state index in [4.69, 9.17) is 9.47 Å². The molecular weight excluding hydrogens is 240 g/mol. The number of esters is 2. The second-order valence-electron chi connectivity index (χ2n) is 4.07. The van der Waals surface area contributed by atoms with Crippen LogP contribution in [0.15, 0.2) is 11.4 Å². The molecule has 0 saturated heterocycles. The first kappa shape index (κ1) is 13.7. The Morgan fingerprint density at radius 3 is 2.12 bits per heavy atom. The number of rotatable bonds is 4. The van der Waals surface area contributed by atoms with Crippen molar-refractivity contribution in [2.75, 3.05) is 0 Å². The molecule has 0 unspecified atom stereocenters. The fourth-order valence-corrected chi connectivity index (χ4v) is 1.94. The maximum absolute atomic E-state index is 11.7. The average Bonchev–Trinajstić information content (AvgIpc) is 2.63. The molecule has 0 fully saturated rings. The van der Waals surface area contributed by atoms with Crippen LogP contribution in [0, 0.1) is 0 Å². The Bertz CT molecular complexity index is 370. The van der Waals surface area contributed by atoms with Gasteiger partial charge in [-0.3, -0.25) is 0 Å². The lowest BCUT2D eigenvalue weighted by Gasteiger charge is -2.09. The van der Waals surface area contributed by atoms with Crippen LogP contribution in [0.25, 0.3) is 0 Å². The Labute approximate surface area is 105 Å². The summed E-state index contributed by atoms with van der Waals surface area (Å²) in [6, 6.07) is 1.58. The van der Waals surface area contributed by atoms with Crippen molar-refractivity contribution >= 4 is 23.3 Å². The smallest absolute Gasteiger partial charge is 0.349 e. The number of hydrogen-bond donors (Lipinski definition) is 0. The molecule has 1 heterocycles. The summed E-state index contributed by atoms with van der Waals surface area (Å²) in [5.41, 5.74) is 0.273. The van der Waals surface area contributed by atoms with Crippen LogP contribution in [0.5, 0.6) is 0 Å². The molecule has 0 aliphatic rings. The van der Waals surface area contributed by atoms with Gasteiger partial charge in [0.25, 0.3) is 0 Å². The molecule has 0 radical (unpaired) electrons. The van der Waals surface area contributed by atoms with Gasteiger partial charge in [-0.1, -0.05) is 0 Å². The topological polar surface area (TPSA) is 52.6 Å². The van der Waals surface area contributed by atoms with Gasteiger partial charge in [-0.15, -0.1) is 11.3 Å². The van der Waals surface area contributed by atoms with E-state index in [1.807, 2.05) is 0 Å². The van der Waals surface area contributed by atoms with Gasteiger partial charge < -0.3 is 9.47 Å². The number of hydrogen-bond acceptors (Lipinski definition) is 5. The molecule has 5 heteroatoms. The zero-order valence-electron chi connectivity index (χ0n) is 10.4. The third-order valence-electron chi connectivity index (χ3n) is 1.76. The molecule has 4 nitrogen and oxygen atoms in total. The quantitative estimate of drug-likeness (QED) is 0.777. The van der Waals surface area contributed by atoms with Gasteiger partial charge in [-0.2, -0.15) is 0 Å². The van der Waals surface area contributed by atoms with Gasteiger partial charge in [0.1, 0.15) is 4.88 Å². The summed E-state index contributed by atoms with van der Waals surface area (Å²) < 4.78 is 10.1. The van der Waals surface area contributed by atoms with Gasteiger partial charge >= 0.3 is 11.9 Å². The monoisotopic (exact) mass is 256 g/mol. The molecular formula is C12H16O4S. The van der Waals surface area contributed by atoms with Gasteiger partial charge in [-0.05, 0) is 39.1 Å². The average molecular weight is 256 g/mol. The molecule has 1 aromatic heterocycles. The van der Waals surface area contributed by atoms with Crippen LogP contribution in [0.4, 0.5) is 0 Å². The zero-order chi connectivity index (χ0) is 13.0. The second-order valence-corrected chi connectivity index (χ2v) is 4.99. The van der Waals surface area contributed by atoms with Crippen LogP contribution in [0.3, 0.4) is 0 Å². The molecule has 0 saturated carbocycles. The Balaban J connectivity index is 2.85. The van der Waals surface area contributed by atoms with Crippen LogP contribution in [0.2, 0.25) is 0 Å². The number of thiophene rings is 1. The van der Waals surface area contributed by atoms with Crippen molar-refractivity contribution in [3.05, 3.63) is 21.9 Å². The molecule has 0 aromatic carbocycles. The van der Waals surface area contributed by atoms with Gasteiger partial charge in [0.15, 0.2) is 0 Å². The fraction of sp³-hybridized carbons (Fsp3) is 0.500. The van der Waals surface area contributed by atoms with E-state index in [-0.39, 0.29) is 17.8 Å². The Hall–Kier alpha value is -1.36. The zero-order valence-corrected chi connectivity index (χ0v) is 11.2. The minimum absolute atomic E-state index is 0.210. The van der Waals surface area contributed by atoms with Crippen LogP contribution >= 0.6 is 11.3 Å². The SMILES string of the molecule is CC(C)OC(=O)c1ccsc1C(=O)OC(C)C. The van der Waals surface area contributed by atoms with Crippen LogP contribution in [-0.4, -0.2) is 24.1 Å². The third-order valence-corrected chi connectivity index (χ3v) is 2.65. The third kappa shape index (κ3) is 3.85. The highest BCUT2D eigenvalue weighted by molar-refractivity contribution is 7.12. The molecule has 1 rings (SSSR count). The number of ether oxygens (including phenoxy) is 2. The summed E-state index contributed by atoms with van der Waals surface area (Å²) in [5.74, 6) is -0.970. The predicted molar refractivity (Wildman–Crippen MR) is 65.4 cm³/mol. The Morgan fingerprint density at radius 2 is 1.59 bits per heavy atom. The van der Waals surface area contributed by atoms with Crippen molar-refractivity contribution in [1.29, 1.82) is 0 Å². The van der Waals surface area contributed by atoms with E-state index < -0.39 is 11.9 Å². The number of carbonyl (C=O) groups excluding carboxylic acids is 2. The first-order valence-electron chi connectivity index (χ1n) is 5.41. The summed E-state index contributed by atoms with van der Waals surface area (Å²) in [5, 5.41) is 1.67. The van der Waals surface area contributed by atoms with Crippen LogP contribution in [0.1, 0.15) is 47.7 Å². The van der Waals surface area contributed by atoms with E-state index in [1.54, 1.807) is 39.1 Å². The molecule has 0 aliphatic carbocycles. The summed E-state index contributed by atoms with van der Waals surface area (Å²) in [6.07, 6.45) is -0.421. The maximum atomic E-state index is 11.7. The fourth-order valence-electron chi connectivity index (χ4n) is 1.17. The molecule has 17 heavy (non-hydrogen) atoms. The first-order chi connectivity index (χ1) is 7.91. The van der Waals surface area contributed by atoms with Crippen LogP contribution in [-0.2, 0) is 9.47 Å². The molecule has 1 aromatic rings. The minimum atomic E-state index is -0.489. The Morgan fingerprint density at radius 1 is 1.06 bits per heavy atom. The summed E-state index contributed by atoms with van der Waals surface area (Å²) >= 11 is 1.18. The Kier molecular flexibility index (Phi) is 4.69. The lowest BCUT2D eigenvalue weighted by Crippen LogP contribution is -2.16. The summed E-state index contributed by atoms with van der Waals surface area (Å²) in [6.45, 7) is 7.04. The summed E-state index contributed by atoms with van der Waals surface area (Å²) in [4.78, 5) is 23.7. The second kappa shape index (κ2) is 5.82. The highest BCUT2D eigenvalue weighted by Crippen LogP contribution is 2.20. The predicted octanol–water partition coefficient (Wildman–Crippen LogP) is 2.88. The van der Waals surface area contributed by atoms with E-state index in [9.17, 15) is 9.59 Å². The van der Waals surface area contributed by atoms with E-state index in [2.05, 4.69) is 0 Å². The van der Waals surface area contributed by atoms with Gasteiger partial charge in [0.05, 0.1) is 17.8 Å². The van der Waals surface area contributed by atoms with E-state index in [0.717, 1.165) is 0 Å². The lowest BCUT2D eigenvalue weighted by molar-refractivity contribution is 0.0333. The van der Waals surface area contributed by atoms with Crippen LogP contribution < -0.4 is 0 Å². The van der Waals surface area contributed by atoms with Crippen molar-refractivity contribution in [3.63, 3.8) is 0 Å². The summed E-state index contributed by atoms with van der Waals surface area (Å²) in [7, 11) is 0. The van der Waals surface area contributed by atoms with E-state index >= 15 is 0 Å². The van der Waals surface area contributed by atoms with E-state index in [0.29, 0.717) is 4.88 Å². The highest BCUT2D eigenvalue weighted by Gasteiger charge is 2.22.